The fourth-order valence-electron chi connectivity index (χ4n) is 4.08. The largest absolute Gasteiger partial charge is 0.475 e. The van der Waals surface area contributed by atoms with Crippen molar-refractivity contribution < 1.29 is 13.9 Å². The first-order valence-electron chi connectivity index (χ1n) is 9.73. The van der Waals surface area contributed by atoms with E-state index in [1.54, 1.807) is 10.7 Å². The number of carbonyl (C=O) groups is 1. The van der Waals surface area contributed by atoms with Crippen molar-refractivity contribution in [2.45, 2.75) is 38.3 Å². The highest BCUT2D eigenvalue weighted by Gasteiger charge is 2.52. The van der Waals surface area contributed by atoms with Crippen molar-refractivity contribution in [3.8, 4) is 5.88 Å². The number of amides is 1. The van der Waals surface area contributed by atoms with Crippen LogP contribution >= 0.6 is 0 Å². The van der Waals surface area contributed by atoms with Crippen LogP contribution in [-0.4, -0.2) is 44.7 Å². The minimum absolute atomic E-state index is 0.217. The van der Waals surface area contributed by atoms with E-state index in [4.69, 9.17) is 9.72 Å². The SMILES string of the molecule is CCN1c2ccn3ncc(c3n2)C(=O)N[C@H](C)COc2ncc(F)cc2C12CC2. The number of nitrogens with one attached hydrogen (secondary N) is 1. The number of pyridine rings is 1. The monoisotopic (exact) mass is 396 g/mol. The van der Waals surface area contributed by atoms with Gasteiger partial charge in [0.1, 0.15) is 23.8 Å². The van der Waals surface area contributed by atoms with E-state index in [0.29, 0.717) is 35.0 Å². The van der Waals surface area contributed by atoms with Crippen molar-refractivity contribution in [3.63, 3.8) is 0 Å². The first-order chi connectivity index (χ1) is 14.0. The molecule has 1 fully saturated rings. The van der Waals surface area contributed by atoms with Crippen molar-refractivity contribution in [1.29, 1.82) is 0 Å². The normalized spacial score (nSPS) is 20.4. The number of nitrogens with zero attached hydrogens (tertiary/aromatic N) is 5. The van der Waals surface area contributed by atoms with Gasteiger partial charge in [0.25, 0.3) is 5.91 Å². The standard InChI is InChI=1S/C20H21FN6O2/c1-3-26-16-4-7-27-17(25-16)14(10-23-27)18(28)24-12(2)11-29-19-15(20(26)5-6-20)8-13(21)9-22-19/h4,7-10,12H,3,5-6,11H2,1-2H3,(H,24,28)/t12-/m1/s1. The summed E-state index contributed by atoms with van der Waals surface area (Å²) < 4.78 is 21.7. The van der Waals surface area contributed by atoms with Crippen LogP contribution in [0.4, 0.5) is 10.2 Å². The molecule has 1 aliphatic heterocycles. The zero-order valence-corrected chi connectivity index (χ0v) is 16.2. The highest BCUT2D eigenvalue weighted by Crippen LogP contribution is 2.54. The molecule has 9 heteroatoms. The fraction of sp³-hybridized carbons (Fsp3) is 0.400. The molecule has 0 radical (unpaired) electrons. The van der Waals surface area contributed by atoms with Gasteiger partial charge in [-0.05, 0) is 38.8 Å². The van der Waals surface area contributed by atoms with Crippen LogP contribution in [0, 0.1) is 5.82 Å². The van der Waals surface area contributed by atoms with Crippen LogP contribution in [0.5, 0.6) is 5.88 Å². The van der Waals surface area contributed by atoms with E-state index in [1.165, 1.54) is 12.3 Å². The molecule has 3 aromatic heterocycles. The zero-order valence-electron chi connectivity index (χ0n) is 16.2. The zero-order chi connectivity index (χ0) is 20.2. The van der Waals surface area contributed by atoms with Gasteiger partial charge in [-0.1, -0.05) is 0 Å². The lowest BCUT2D eigenvalue weighted by atomic mass is 10.0. The van der Waals surface area contributed by atoms with Crippen LogP contribution in [0.15, 0.2) is 30.7 Å². The number of ether oxygens (including phenoxy) is 1. The number of halogens is 1. The van der Waals surface area contributed by atoms with Gasteiger partial charge in [-0.3, -0.25) is 4.79 Å². The first kappa shape index (κ1) is 17.8. The minimum Gasteiger partial charge on any atom is -0.475 e. The summed E-state index contributed by atoms with van der Waals surface area (Å²) in [5.74, 6) is 0.430. The molecule has 29 heavy (non-hydrogen) atoms. The lowest BCUT2D eigenvalue weighted by Crippen LogP contribution is -2.38. The molecule has 1 atom stereocenters. The summed E-state index contributed by atoms with van der Waals surface area (Å²) in [5, 5.41) is 7.15. The van der Waals surface area contributed by atoms with Crippen molar-refractivity contribution in [3.05, 3.63) is 47.7 Å². The van der Waals surface area contributed by atoms with E-state index >= 15 is 0 Å². The highest BCUT2D eigenvalue weighted by molar-refractivity contribution is 5.99. The van der Waals surface area contributed by atoms with Crippen LogP contribution in [0.2, 0.25) is 0 Å². The van der Waals surface area contributed by atoms with Crippen molar-refractivity contribution in [2.75, 3.05) is 18.1 Å². The van der Waals surface area contributed by atoms with E-state index in [9.17, 15) is 9.18 Å². The molecule has 1 amide bonds. The Hall–Kier alpha value is -3.23. The van der Waals surface area contributed by atoms with E-state index in [1.807, 2.05) is 19.9 Å². The summed E-state index contributed by atoms with van der Waals surface area (Å²) >= 11 is 0. The van der Waals surface area contributed by atoms with Crippen molar-refractivity contribution >= 4 is 17.4 Å². The molecule has 1 aliphatic carbocycles. The summed E-state index contributed by atoms with van der Waals surface area (Å²) in [7, 11) is 0. The van der Waals surface area contributed by atoms with Crippen LogP contribution in [-0.2, 0) is 5.54 Å². The molecule has 0 unspecified atom stereocenters. The molecule has 2 bridgehead atoms. The Morgan fingerprint density at radius 3 is 2.97 bits per heavy atom. The molecule has 2 aliphatic rings. The lowest BCUT2D eigenvalue weighted by Gasteiger charge is -2.33. The topological polar surface area (TPSA) is 84.7 Å². The molecule has 0 aromatic carbocycles. The molecule has 1 N–H and O–H groups in total. The van der Waals surface area contributed by atoms with Gasteiger partial charge < -0.3 is 15.0 Å². The number of fused-ring (bicyclic) bond motifs is 3. The summed E-state index contributed by atoms with van der Waals surface area (Å²) in [4.78, 5) is 23.8. The van der Waals surface area contributed by atoms with Gasteiger partial charge in [-0.25, -0.2) is 18.9 Å². The van der Waals surface area contributed by atoms with Crippen LogP contribution in [0.3, 0.4) is 0 Å². The van der Waals surface area contributed by atoms with Gasteiger partial charge >= 0.3 is 0 Å². The second-order valence-electron chi connectivity index (χ2n) is 7.58. The number of anilines is 1. The number of aromatic nitrogens is 4. The smallest absolute Gasteiger partial charge is 0.257 e. The second kappa shape index (κ2) is 6.40. The molecule has 1 saturated carbocycles. The third-order valence-electron chi connectivity index (χ3n) is 5.60. The van der Waals surface area contributed by atoms with Gasteiger partial charge in [0.05, 0.1) is 24.0 Å². The molecule has 4 heterocycles. The van der Waals surface area contributed by atoms with Gasteiger partial charge in [0.15, 0.2) is 5.65 Å². The summed E-state index contributed by atoms with van der Waals surface area (Å²) in [5.41, 5.74) is 1.17. The van der Waals surface area contributed by atoms with E-state index in [2.05, 4.69) is 20.3 Å². The quantitative estimate of drug-likeness (QED) is 0.679. The third-order valence-corrected chi connectivity index (χ3v) is 5.60. The molecule has 0 saturated heterocycles. The Kier molecular flexibility index (Phi) is 3.94. The maximum atomic E-state index is 14.1. The van der Waals surface area contributed by atoms with Gasteiger partial charge in [-0.15, -0.1) is 0 Å². The van der Waals surface area contributed by atoms with Crippen LogP contribution in [0.25, 0.3) is 5.65 Å². The van der Waals surface area contributed by atoms with Crippen LogP contribution < -0.4 is 15.0 Å². The third kappa shape index (κ3) is 2.80. The van der Waals surface area contributed by atoms with Gasteiger partial charge in [0, 0.05) is 18.3 Å². The molecule has 1 spiro atoms. The highest BCUT2D eigenvalue weighted by atomic mass is 19.1. The summed E-state index contributed by atoms with van der Waals surface area (Å²) in [6.45, 7) is 4.75. The molecule has 150 valence electrons. The first-order valence-corrected chi connectivity index (χ1v) is 9.73. The Balaban J connectivity index is 1.72. The lowest BCUT2D eigenvalue weighted by molar-refractivity contribution is 0.0927. The molecule has 3 aromatic rings. The number of hydrogen-bond acceptors (Lipinski definition) is 6. The minimum atomic E-state index is -0.431. The molecule has 5 rings (SSSR count). The Morgan fingerprint density at radius 2 is 2.21 bits per heavy atom. The summed E-state index contributed by atoms with van der Waals surface area (Å²) in [6.07, 6.45) is 6.15. The molecular weight excluding hydrogens is 375 g/mol. The van der Waals surface area contributed by atoms with Gasteiger partial charge in [-0.2, -0.15) is 5.10 Å². The fourth-order valence-corrected chi connectivity index (χ4v) is 4.08. The Bertz CT molecular complexity index is 1110. The average Bonchev–Trinajstić information content (AvgIpc) is 3.38. The predicted octanol–water partition coefficient (Wildman–Crippen LogP) is 2.29. The van der Waals surface area contributed by atoms with E-state index in [-0.39, 0.29) is 18.6 Å². The second-order valence-corrected chi connectivity index (χ2v) is 7.58. The maximum absolute atomic E-state index is 14.1. The Morgan fingerprint density at radius 1 is 1.38 bits per heavy atom. The number of hydrogen-bond donors (Lipinski definition) is 1. The van der Waals surface area contributed by atoms with Crippen LogP contribution in [0.1, 0.15) is 42.6 Å². The molecule has 8 nitrogen and oxygen atoms in total. The Labute approximate surface area is 166 Å². The van der Waals surface area contributed by atoms with Crippen molar-refractivity contribution in [1.82, 2.24) is 24.9 Å². The van der Waals surface area contributed by atoms with Crippen molar-refractivity contribution in [2.24, 2.45) is 0 Å². The van der Waals surface area contributed by atoms with E-state index < -0.39 is 11.4 Å². The predicted molar refractivity (Wildman–Crippen MR) is 104 cm³/mol. The maximum Gasteiger partial charge on any atom is 0.257 e. The van der Waals surface area contributed by atoms with E-state index in [0.717, 1.165) is 19.0 Å². The number of carbonyl (C=O) groups excluding carboxylic acids is 1. The number of rotatable bonds is 1. The average molecular weight is 396 g/mol. The summed E-state index contributed by atoms with van der Waals surface area (Å²) in [6, 6.07) is 3.09. The van der Waals surface area contributed by atoms with Gasteiger partial charge in [0.2, 0.25) is 5.88 Å². The molecular formula is C20H21FN6O2.